The van der Waals surface area contributed by atoms with Gasteiger partial charge in [-0.1, -0.05) is 6.07 Å². The maximum absolute atomic E-state index is 13.0. The van der Waals surface area contributed by atoms with E-state index in [1.54, 1.807) is 6.07 Å². The normalized spacial score (nSPS) is 23.7. The summed E-state index contributed by atoms with van der Waals surface area (Å²) in [6, 6.07) is 4.59. The number of ether oxygens (including phenoxy) is 1. The molecule has 0 saturated heterocycles. The first-order chi connectivity index (χ1) is 7.55. The number of fused-ring (bicyclic) bond motifs is 1. The molecule has 4 heteroatoms. The van der Waals surface area contributed by atoms with Crippen LogP contribution in [-0.2, 0) is 22.4 Å². The number of benzene rings is 1. The summed E-state index contributed by atoms with van der Waals surface area (Å²) < 4.78 is 17.7. The van der Waals surface area contributed by atoms with E-state index < -0.39 is 11.5 Å². The van der Waals surface area contributed by atoms with Gasteiger partial charge in [-0.3, -0.25) is 4.79 Å². The van der Waals surface area contributed by atoms with E-state index in [1.807, 2.05) is 0 Å². The van der Waals surface area contributed by atoms with Crippen LogP contribution in [0.2, 0.25) is 0 Å². The first-order valence-electron chi connectivity index (χ1n) is 5.20. The fourth-order valence-electron chi connectivity index (χ4n) is 2.16. The molecule has 1 aliphatic carbocycles. The van der Waals surface area contributed by atoms with Crippen LogP contribution in [0.25, 0.3) is 0 Å². The van der Waals surface area contributed by atoms with E-state index in [1.165, 1.54) is 19.2 Å². The number of methoxy groups -OCH3 is 1. The monoisotopic (exact) mass is 223 g/mol. The fraction of sp³-hybridized carbons (Fsp3) is 0.417. The molecule has 0 aromatic heterocycles. The van der Waals surface area contributed by atoms with Crippen LogP contribution >= 0.6 is 0 Å². The van der Waals surface area contributed by atoms with Crippen LogP contribution < -0.4 is 5.73 Å². The lowest BCUT2D eigenvalue weighted by atomic mass is 9.78. The van der Waals surface area contributed by atoms with Crippen molar-refractivity contribution in [2.45, 2.75) is 24.8 Å². The van der Waals surface area contributed by atoms with Gasteiger partial charge in [-0.15, -0.1) is 0 Å². The van der Waals surface area contributed by atoms with Crippen molar-refractivity contribution in [1.29, 1.82) is 0 Å². The number of carbonyl (C=O) groups is 1. The Hall–Kier alpha value is -1.42. The molecule has 16 heavy (non-hydrogen) atoms. The van der Waals surface area contributed by atoms with Crippen molar-refractivity contribution in [3.8, 4) is 0 Å². The predicted octanol–water partition coefficient (Wildman–Crippen LogP) is 1.18. The first-order valence-corrected chi connectivity index (χ1v) is 5.20. The van der Waals surface area contributed by atoms with Crippen molar-refractivity contribution in [2.75, 3.05) is 7.11 Å². The van der Waals surface area contributed by atoms with E-state index in [0.717, 1.165) is 11.1 Å². The van der Waals surface area contributed by atoms with Gasteiger partial charge < -0.3 is 10.5 Å². The molecule has 86 valence electrons. The second kappa shape index (κ2) is 3.87. The molecule has 0 heterocycles. The second-order valence-corrected chi connectivity index (χ2v) is 4.24. The number of esters is 1. The van der Waals surface area contributed by atoms with Crippen LogP contribution in [0, 0.1) is 5.82 Å². The zero-order valence-electron chi connectivity index (χ0n) is 9.13. The van der Waals surface area contributed by atoms with Crippen molar-refractivity contribution >= 4 is 5.97 Å². The smallest absolute Gasteiger partial charge is 0.326 e. The average Bonchev–Trinajstić information content (AvgIpc) is 2.28. The maximum Gasteiger partial charge on any atom is 0.326 e. The van der Waals surface area contributed by atoms with E-state index in [4.69, 9.17) is 10.5 Å². The highest BCUT2D eigenvalue weighted by molar-refractivity contribution is 5.81. The van der Waals surface area contributed by atoms with E-state index in [9.17, 15) is 9.18 Å². The molecular formula is C12H14FNO2. The van der Waals surface area contributed by atoms with Crippen molar-refractivity contribution in [2.24, 2.45) is 5.73 Å². The van der Waals surface area contributed by atoms with Gasteiger partial charge in [0.2, 0.25) is 0 Å². The van der Waals surface area contributed by atoms with Crippen LogP contribution in [0.3, 0.4) is 0 Å². The van der Waals surface area contributed by atoms with Crippen molar-refractivity contribution < 1.29 is 13.9 Å². The van der Waals surface area contributed by atoms with Crippen LogP contribution in [0.1, 0.15) is 17.5 Å². The van der Waals surface area contributed by atoms with E-state index in [-0.39, 0.29) is 5.82 Å². The topological polar surface area (TPSA) is 52.3 Å². The summed E-state index contributed by atoms with van der Waals surface area (Å²) in [7, 11) is 1.33. The number of nitrogens with two attached hydrogens (primary N) is 1. The number of hydrogen-bond acceptors (Lipinski definition) is 3. The van der Waals surface area contributed by atoms with Crippen LogP contribution in [0.15, 0.2) is 18.2 Å². The van der Waals surface area contributed by atoms with Crippen molar-refractivity contribution in [3.05, 3.63) is 35.1 Å². The molecule has 0 bridgehead atoms. The average molecular weight is 223 g/mol. The van der Waals surface area contributed by atoms with Gasteiger partial charge in [-0.25, -0.2) is 4.39 Å². The third kappa shape index (κ3) is 1.80. The Morgan fingerprint density at radius 1 is 1.50 bits per heavy atom. The molecule has 1 aromatic carbocycles. The number of aryl methyl sites for hydroxylation is 1. The van der Waals surface area contributed by atoms with Gasteiger partial charge in [0.05, 0.1) is 7.11 Å². The van der Waals surface area contributed by atoms with Crippen LogP contribution in [-0.4, -0.2) is 18.6 Å². The second-order valence-electron chi connectivity index (χ2n) is 4.24. The first kappa shape index (κ1) is 11.1. The quantitative estimate of drug-likeness (QED) is 0.727. The van der Waals surface area contributed by atoms with E-state index in [0.29, 0.717) is 19.3 Å². The SMILES string of the molecule is COC(=O)C1(N)CCc2cc(F)ccc2C1. The van der Waals surface area contributed by atoms with Crippen molar-refractivity contribution in [3.63, 3.8) is 0 Å². The largest absolute Gasteiger partial charge is 0.468 e. The summed E-state index contributed by atoms with van der Waals surface area (Å²) in [5.74, 6) is -0.649. The van der Waals surface area contributed by atoms with Gasteiger partial charge in [0, 0.05) is 6.42 Å². The molecule has 0 fully saturated rings. The van der Waals surface area contributed by atoms with Crippen molar-refractivity contribution in [1.82, 2.24) is 0 Å². The predicted molar refractivity (Wildman–Crippen MR) is 57.4 cm³/mol. The van der Waals surface area contributed by atoms with Gasteiger partial charge in [0.1, 0.15) is 11.4 Å². The highest BCUT2D eigenvalue weighted by Crippen LogP contribution is 2.28. The van der Waals surface area contributed by atoms with Gasteiger partial charge in [-0.05, 0) is 36.1 Å². The molecule has 2 rings (SSSR count). The fourth-order valence-corrected chi connectivity index (χ4v) is 2.16. The molecular weight excluding hydrogens is 209 g/mol. The summed E-state index contributed by atoms with van der Waals surface area (Å²) in [5.41, 5.74) is 6.91. The summed E-state index contributed by atoms with van der Waals surface area (Å²) in [5, 5.41) is 0. The van der Waals surface area contributed by atoms with Gasteiger partial charge in [-0.2, -0.15) is 0 Å². The molecule has 3 nitrogen and oxygen atoms in total. The number of halogens is 1. The minimum absolute atomic E-state index is 0.249. The van der Waals surface area contributed by atoms with E-state index in [2.05, 4.69) is 0 Å². The van der Waals surface area contributed by atoms with E-state index >= 15 is 0 Å². The Kier molecular flexibility index (Phi) is 2.68. The molecule has 0 amide bonds. The third-order valence-electron chi connectivity index (χ3n) is 3.11. The number of rotatable bonds is 1. The minimum atomic E-state index is -0.959. The molecule has 2 N–H and O–H groups in total. The Bertz CT molecular complexity index is 433. The number of carbonyl (C=O) groups excluding carboxylic acids is 1. The lowest BCUT2D eigenvalue weighted by Crippen LogP contribution is -2.52. The molecule has 0 aliphatic heterocycles. The lowest BCUT2D eigenvalue weighted by molar-refractivity contribution is -0.147. The Labute approximate surface area is 93.4 Å². The van der Waals surface area contributed by atoms with Crippen LogP contribution in [0.5, 0.6) is 0 Å². The Balaban J connectivity index is 2.30. The molecule has 0 spiro atoms. The van der Waals surface area contributed by atoms with Gasteiger partial charge in [0.25, 0.3) is 0 Å². The third-order valence-corrected chi connectivity index (χ3v) is 3.11. The summed E-state index contributed by atoms with van der Waals surface area (Å²) in [6.45, 7) is 0. The minimum Gasteiger partial charge on any atom is -0.468 e. The Morgan fingerprint density at radius 2 is 2.25 bits per heavy atom. The zero-order valence-corrected chi connectivity index (χ0v) is 9.13. The standard InChI is InChI=1S/C12H14FNO2/c1-16-11(15)12(14)5-4-8-6-10(13)3-2-9(8)7-12/h2-3,6H,4-5,7,14H2,1H3. The summed E-state index contributed by atoms with van der Waals surface area (Å²) in [4.78, 5) is 11.5. The summed E-state index contributed by atoms with van der Waals surface area (Å²) in [6.07, 6.45) is 1.52. The molecule has 1 aliphatic rings. The molecule has 0 radical (unpaired) electrons. The summed E-state index contributed by atoms with van der Waals surface area (Å²) >= 11 is 0. The van der Waals surface area contributed by atoms with Gasteiger partial charge >= 0.3 is 5.97 Å². The molecule has 0 saturated carbocycles. The number of hydrogen-bond donors (Lipinski definition) is 1. The highest BCUT2D eigenvalue weighted by Gasteiger charge is 2.38. The van der Waals surface area contributed by atoms with Crippen LogP contribution in [0.4, 0.5) is 4.39 Å². The molecule has 1 aromatic rings. The highest BCUT2D eigenvalue weighted by atomic mass is 19.1. The van der Waals surface area contributed by atoms with Gasteiger partial charge in [0.15, 0.2) is 0 Å². The lowest BCUT2D eigenvalue weighted by Gasteiger charge is -2.31. The zero-order chi connectivity index (χ0) is 11.8. The molecule has 1 unspecified atom stereocenters. The molecule has 1 atom stereocenters. The maximum atomic E-state index is 13.0. The Morgan fingerprint density at radius 3 is 2.94 bits per heavy atom.